The molecule has 0 bridgehead atoms. The lowest BCUT2D eigenvalue weighted by Crippen LogP contribution is -2.33. The Labute approximate surface area is 124 Å². The number of thiophene rings is 1. The van der Waals surface area contributed by atoms with Gasteiger partial charge in [-0.05, 0) is 24.3 Å². The number of hydrogen-bond donors (Lipinski definition) is 0. The lowest BCUT2D eigenvalue weighted by Gasteiger charge is -2.17. The molecule has 1 fully saturated rings. The smallest absolute Gasteiger partial charge is 0.216 e. The van der Waals surface area contributed by atoms with Crippen LogP contribution in [0.15, 0.2) is 17.5 Å². The summed E-state index contributed by atoms with van der Waals surface area (Å²) in [6, 6.07) is 4.00. The van der Waals surface area contributed by atoms with E-state index < -0.39 is 10.0 Å². The van der Waals surface area contributed by atoms with Crippen LogP contribution in [0.5, 0.6) is 0 Å². The van der Waals surface area contributed by atoms with Crippen molar-refractivity contribution in [3.8, 4) is 0 Å². The van der Waals surface area contributed by atoms with E-state index in [9.17, 15) is 8.42 Å². The average molecular weight is 319 g/mol. The zero-order valence-electron chi connectivity index (χ0n) is 11.7. The van der Waals surface area contributed by atoms with E-state index in [-0.39, 0.29) is 18.5 Å². The van der Waals surface area contributed by atoms with Crippen molar-refractivity contribution in [3.63, 3.8) is 0 Å². The molecule has 0 radical (unpaired) electrons. The molecule has 114 valence electrons. The molecule has 2 heterocycles. The van der Waals surface area contributed by atoms with Gasteiger partial charge in [0.1, 0.15) is 0 Å². The standard InChI is InChI=1S/C13H21NO4S2/c1-14(6-4-13-3-2-9-19-13)20(15,16)10-8-18-12-5-7-17-11-12/h2-3,9,12H,4-8,10-11H2,1H3. The summed E-state index contributed by atoms with van der Waals surface area (Å²) in [4.78, 5) is 1.20. The molecular formula is C13H21NO4S2. The third kappa shape index (κ3) is 4.82. The van der Waals surface area contributed by atoms with Crippen molar-refractivity contribution >= 4 is 21.4 Å². The number of hydrogen-bond acceptors (Lipinski definition) is 5. The van der Waals surface area contributed by atoms with Crippen LogP contribution in [0.1, 0.15) is 11.3 Å². The number of sulfonamides is 1. The van der Waals surface area contributed by atoms with Gasteiger partial charge in [0, 0.05) is 25.1 Å². The summed E-state index contributed by atoms with van der Waals surface area (Å²) in [5.41, 5.74) is 0. The van der Waals surface area contributed by atoms with Gasteiger partial charge < -0.3 is 9.47 Å². The minimum absolute atomic E-state index is 0.0322. The first-order chi connectivity index (χ1) is 9.58. The zero-order chi connectivity index (χ0) is 14.4. The van der Waals surface area contributed by atoms with Gasteiger partial charge >= 0.3 is 0 Å². The molecule has 7 heteroatoms. The fraction of sp³-hybridized carbons (Fsp3) is 0.692. The number of rotatable bonds is 8. The monoisotopic (exact) mass is 319 g/mol. The summed E-state index contributed by atoms with van der Waals surface area (Å²) < 4.78 is 36.3. The first-order valence-corrected chi connectivity index (χ1v) is 9.22. The van der Waals surface area contributed by atoms with E-state index in [0.717, 1.165) is 12.8 Å². The second kappa shape index (κ2) is 7.51. The predicted molar refractivity (Wildman–Crippen MR) is 79.6 cm³/mol. The van der Waals surface area contributed by atoms with Crippen LogP contribution in [-0.2, 0) is 25.9 Å². The molecule has 1 aromatic heterocycles. The number of ether oxygens (including phenoxy) is 2. The van der Waals surface area contributed by atoms with E-state index in [4.69, 9.17) is 9.47 Å². The van der Waals surface area contributed by atoms with E-state index >= 15 is 0 Å². The normalized spacial score (nSPS) is 19.8. The summed E-state index contributed by atoms with van der Waals surface area (Å²) in [6.07, 6.45) is 1.67. The Kier molecular flexibility index (Phi) is 5.98. The van der Waals surface area contributed by atoms with Crippen molar-refractivity contribution in [2.24, 2.45) is 0 Å². The second-order valence-electron chi connectivity index (χ2n) is 4.82. The van der Waals surface area contributed by atoms with Crippen molar-refractivity contribution in [3.05, 3.63) is 22.4 Å². The van der Waals surface area contributed by atoms with E-state index in [2.05, 4.69) is 0 Å². The molecule has 0 aliphatic carbocycles. The van der Waals surface area contributed by atoms with Gasteiger partial charge in [0.25, 0.3) is 0 Å². The van der Waals surface area contributed by atoms with Crippen LogP contribution in [0.3, 0.4) is 0 Å². The molecule has 5 nitrogen and oxygen atoms in total. The molecule has 20 heavy (non-hydrogen) atoms. The topological polar surface area (TPSA) is 55.8 Å². The van der Waals surface area contributed by atoms with Crippen LogP contribution in [0.4, 0.5) is 0 Å². The molecule has 0 amide bonds. The predicted octanol–water partition coefficient (Wildman–Crippen LogP) is 1.36. The molecule has 1 aliphatic rings. The highest BCUT2D eigenvalue weighted by molar-refractivity contribution is 7.89. The maximum atomic E-state index is 12.1. The number of likely N-dealkylation sites (N-methyl/N-ethyl adjacent to an activating group) is 1. The van der Waals surface area contributed by atoms with Gasteiger partial charge in [-0.2, -0.15) is 0 Å². The van der Waals surface area contributed by atoms with Gasteiger partial charge in [0.2, 0.25) is 10.0 Å². The number of nitrogens with zero attached hydrogens (tertiary/aromatic N) is 1. The molecule has 1 aliphatic heterocycles. The van der Waals surface area contributed by atoms with Crippen LogP contribution in [0.25, 0.3) is 0 Å². The summed E-state index contributed by atoms with van der Waals surface area (Å²) in [6.45, 7) is 2.03. The van der Waals surface area contributed by atoms with Gasteiger partial charge in [0.15, 0.2) is 0 Å². The average Bonchev–Trinajstić information content (AvgIpc) is 3.08. The maximum absolute atomic E-state index is 12.1. The largest absolute Gasteiger partial charge is 0.379 e. The Hall–Kier alpha value is -0.470. The third-order valence-corrected chi connectivity index (χ3v) is 6.06. The molecule has 1 unspecified atom stereocenters. The molecule has 0 spiro atoms. The van der Waals surface area contributed by atoms with Gasteiger partial charge in [-0.25, -0.2) is 12.7 Å². The Morgan fingerprint density at radius 1 is 1.55 bits per heavy atom. The fourth-order valence-electron chi connectivity index (χ4n) is 1.98. The Morgan fingerprint density at radius 3 is 3.05 bits per heavy atom. The van der Waals surface area contributed by atoms with Crippen LogP contribution >= 0.6 is 11.3 Å². The molecule has 2 rings (SSSR count). The summed E-state index contributed by atoms with van der Waals surface area (Å²) in [7, 11) is -1.61. The lowest BCUT2D eigenvalue weighted by molar-refractivity contribution is 0.0516. The van der Waals surface area contributed by atoms with Crippen molar-refractivity contribution in [1.29, 1.82) is 0 Å². The first kappa shape index (κ1) is 15.9. The zero-order valence-corrected chi connectivity index (χ0v) is 13.3. The molecule has 1 saturated heterocycles. The van der Waals surface area contributed by atoms with Gasteiger partial charge in [-0.15, -0.1) is 11.3 Å². The van der Waals surface area contributed by atoms with Crippen LogP contribution in [0, 0.1) is 0 Å². The molecule has 0 N–H and O–H groups in total. The van der Waals surface area contributed by atoms with E-state index in [1.54, 1.807) is 18.4 Å². The highest BCUT2D eigenvalue weighted by Gasteiger charge is 2.20. The van der Waals surface area contributed by atoms with Gasteiger partial charge in [0.05, 0.1) is 25.1 Å². The van der Waals surface area contributed by atoms with Crippen LogP contribution < -0.4 is 0 Å². The van der Waals surface area contributed by atoms with E-state index in [1.807, 2.05) is 17.5 Å². The molecular weight excluding hydrogens is 298 g/mol. The van der Waals surface area contributed by atoms with Gasteiger partial charge in [-0.1, -0.05) is 6.07 Å². The highest BCUT2D eigenvalue weighted by atomic mass is 32.2. The minimum atomic E-state index is -3.23. The highest BCUT2D eigenvalue weighted by Crippen LogP contribution is 2.11. The van der Waals surface area contributed by atoms with Crippen molar-refractivity contribution in [2.75, 3.05) is 39.2 Å². The van der Waals surface area contributed by atoms with Gasteiger partial charge in [-0.3, -0.25) is 0 Å². The Balaban J connectivity index is 1.70. The third-order valence-electron chi connectivity index (χ3n) is 3.31. The maximum Gasteiger partial charge on any atom is 0.216 e. The molecule has 0 saturated carbocycles. The molecule has 1 atom stereocenters. The molecule has 1 aromatic rings. The fourth-order valence-corrected chi connectivity index (χ4v) is 3.67. The summed E-state index contributed by atoms with van der Waals surface area (Å²) in [5.74, 6) is 0.0322. The first-order valence-electron chi connectivity index (χ1n) is 6.73. The van der Waals surface area contributed by atoms with Crippen molar-refractivity contribution in [2.45, 2.75) is 18.9 Å². The second-order valence-corrected chi connectivity index (χ2v) is 8.05. The van der Waals surface area contributed by atoms with E-state index in [0.29, 0.717) is 19.8 Å². The van der Waals surface area contributed by atoms with Crippen molar-refractivity contribution in [1.82, 2.24) is 4.31 Å². The van der Waals surface area contributed by atoms with E-state index in [1.165, 1.54) is 9.18 Å². The minimum Gasteiger partial charge on any atom is -0.379 e. The summed E-state index contributed by atoms with van der Waals surface area (Å²) in [5, 5.41) is 2.00. The molecule has 0 aromatic carbocycles. The van der Waals surface area contributed by atoms with Crippen molar-refractivity contribution < 1.29 is 17.9 Å². The van der Waals surface area contributed by atoms with Crippen LogP contribution in [0.2, 0.25) is 0 Å². The summed E-state index contributed by atoms with van der Waals surface area (Å²) >= 11 is 1.65. The Morgan fingerprint density at radius 2 is 2.40 bits per heavy atom. The quantitative estimate of drug-likeness (QED) is 0.726. The Bertz CT molecular complexity index is 480. The van der Waals surface area contributed by atoms with Crippen LogP contribution in [-0.4, -0.2) is 58.0 Å². The lowest BCUT2D eigenvalue weighted by atomic mass is 10.3. The SMILES string of the molecule is CN(CCc1cccs1)S(=O)(=O)CCOC1CCOC1.